The van der Waals surface area contributed by atoms with Crippen molar-refractivity contribution < 1.29 is 4.42 Å². The molecule has 6 nitrogen and oxygen atoms in total. The van der Waals surface area contributed by atoms with E-state index in [1.807, 2.05) is 36.4 Å². The zero-order valence-electron chi connectivity index (χ0n) is 18.5. The number of benzene rings is 2. The molecule has 3 heterocycles. The number of nitrogens with zero attached hydrogens (tertiary/aromatic N) is 3. The molecule has 2 aromatic carbocycles. The van der Waals surface area contributed by atoms with E-state index in [1.54, 1.807) is 31.1 Å². The Balaban J connectivity index is 1.33. The van der Waals surface area contributed by atoms with E-state index in [9.17, 15) is 5.26 Å². The van der Waals surface area contributed by atoms with E-state index >= 15 is 0 Å². The van der Waals surface area contributed by atoms with Crippen molar-refractivity contribution in [3.05, 3.63) is 120 Å². The number of hydrogen-bond donors (Lipinski definition) is 2. The molecular formula is C28H23N5O. The van der Waals surface area contributed by atoms with Crippen LogP contribution in [0.5, 0.6) is 0 Å². The standard InChI is InChI=1S/C28H23N5O/c29-15-24-18-32-27-14-22(17-31-16-21-7-10-30-11-8-21)3-6-26(27)28(24)33-25-4-1-20(2-5-25)13-23-9-12-34-19-23/h1-12,14,18-19,31H,13,16-17H2,(H,32,33). The summed E-state index contributed by atoms with van der Waals surface area (Å²) in [6.07, 6.45) is 9.49. The third kappa shape index (κ3) is 4.96. The number of pyridine rings is 2. The summed E-state index contributed by atoms with van der Waals surface area (Å²) in [6.45, 7) is 1.49. The van der Waals surface area contributed by atoms with Gasteiger partial charge >= 0.3 is 0 Å². The second-order valence-electron chi connectivity index (χ2n) is 8.10. The number of hydrogen-bond acceptors (Lipinski definition) is 6. The first-order valence-corrected chi connectivity index (χ1v) is 11.1. The molecule has 0 aliphatic carbocycles. The van der Waals surface area contributed by atoms with Crippen molar-refractivity contribution in [2.24, 2.45) is 0 Å². The Labute approximate surface area is 197 Å². The maximum absolute atomic E-state index is 9.67. The van der Waals surface area contributed by atoms with Crippen LogP contribution in [0.3, 0.4) is 0 Å². The normalized spacial score (nSPS) is 10.8. The Bertz CT molecular complexity index is 1420. The van der Waals surface area contributed by atoms with Crippen LogP contribution in [0.25, 0.3) is 10.9 Å². The molecule has 0 spiro atoms. The lowest BCUT2D eigenvalue weighted by Gasteiger charge is -2.13. The number of aromatic nitrogens is 2. The van der Waals surface area contributed by atoms with Gasteiger partial charge in [0, 0.05) is 49.2 Å². The molecule has 0 saturated carbocycles. The second-order valence-corrected chi connectivity index (χ2v) is 8.10. The van der Waals surface area contributed by atoms with E-state index in [1.165, 1.54) is 11.1 Å². The number of anilines is 2. The summed E-state index contributed by atoms with van der Waals surface area (Å²) >= 11 is 0. The average molecular weight is 446 g/mol. The predicted octanol–water partition coefficient (Wildman–Crippen LogP) is 5.72. The number of fused-ring (bicyclic) bond motifs is 1. The van der Waals surface area contributed by atoms with Crippen LogP contribution in [0.2, 0.25) is 0 Å². The first-order valence-electron chi connectivity index (χ1n) is 11.1. The van der Waals surface area contributed by atoms with Crippen LogP contribution in [0.15, 0.2) is 96.2 Å². The second kappa shape index (κ2) is 9.99. The molecule has 0 amide bonds. The summed E-state index contributed by atoms with van der Waals surface area (Å²) in [4.78, 5) is 8.58. The predicted molar refractivity (Wildman–Crippen MR) is 132 cm³/mol. The highest BCUT2D eigenvalue weighted by molar-refractivity contribution is 5.96. The van der Waals surface area contributed by atoms with Crippen molar-refractivity contribution in [3.63, 3.8) is 0 Å². The van der Waals surface area contributed by atoms with Crippen LogP contribution in [0.1, 0.15) is 27.8 Å². The van der Waals surface area contributed by atoms with E-state index < -0.39 is 0 Å². The molecule has 0 unspecified atom stereocenters. The number of nitrogens with one attached hydrogen (secondary N) is 2. The van der Waals surface area contributed by atoms with E-state index in [2.05, 4.69) is 50.9 Å². The van der Waals surface area contributed by atoms with Gasteiger partial charge in [-0.25, -0.2) is 0 Å². The minimum Gasteiger partial charge on any atom is -0.472 e. The molecule has 0 bridgehead atoms. The van der Waals surface area contributed by atoms with Gasteiger partial charge in [-0.2, -0.15) is 5.26 Å². The Kier molecular flexibility index (Phi) is 6.28. The van der Waals surface area contributed by atoms with Gasteiger partial charge in [0.1, 0.15) is 6.07 Å². The third-order valence-corrected chi connectivity index (χ3v) is 5.67. The fraction of sp³-hybridized carbons (Fsp3) is 0.107. The average Bonchev–Trinajstić information content (AvgIpc) is 3.39. The quantitative estimate of drug-likeness (QED) is 0.318. The zero-order chi connectivity index (χ0) is 23.2. The van der Waals surface area contributed by atoms with Crippen LogP contribution in [-0.4, -0.2) is 9.97 Å². The number of nitriles is 1. The molecule has 0 aliphatic heterocycles. The molecule has 6 heteroatoms. The third-order valence-electron chi connectivity index (χ3n) is 5.67. The molecule has 0 radical (unpaired) electrons. The lowest BCUT2D eigenvalue weighted by Crippen LogP contribution is -2.12. The Morgan fingerprint density at radius 2 is 1.65 bits per heavy atom. The monoisotopic (exact) mass is 445 g/mol. The molecular weight excluding hydrogens is 422 g/mol. The van der Waals surface area contributed by atoms with E-state index in [4.69, 9.17) is 4.42 Å². The summed E-state index contributed by atoms with van der Waals surface area (Å²) < 4.78 is 5.15. The molecule has 3 aromatic heterocycles. The van der Waals surface area contributed by atoms with Crippen LogP contribution in [0.4, 0.5) is 11.4 Å². The van der Waals surface area contributed by atoms with Crippen molar-refractivity contribution in [1.82, 2.24) is 15.3 Å². The van der Waals surface area contributed by atoms with Crippen molar-refractivity contribution in [3.8, 4) is 6.07 Å². The van der Waals surface area contributed by atoms with Crippen LogP contribution < -0.4 is 10.6 Å². The van der Waals surface area contributed by atoms with Gasteiger partial charge in [-0.1, -0.05) is 24.3 Å². The molecule has 0 aliphatic rings. The van der Waals surface area contributed by atoms with Gasteiger partial charge in [-0.15, -0.1) is 0 Å². The van der Waals surface area contributed by atoms with Gasteiger partial charge in [0.05, 0.1) is 29.3 Å². The van der Waals surface area contributed by atoms with E-state index in [0.717, 1.165) is 52.9 Å². The first kappa shape index (κ1) is 21.4. The molecule has 0 fully saturated rings. The maximum atomic E-state index is 9.67. The number of rotatable bonds is 8. The molecule has 5 rings (SSSR count). The SMILES string of the molecule is N#Cc1cnc2cc(CNCc3ccncc3)ccc2c1Nc1ccc(Cc2ccoc2)cc1. The van der Waals surface area contributed by atoms with Gasteiger partial charge in [0.15, 0.2) is 0 Å². The highest BCUT2D eigenvalue weighted by Crippen LogP contribution is 2.29. The summed E-state index contributed by atoms with van der Waals surface area (Å²) in [5, 5.41) is 17.5. The Morgan fingerprint density at radius 1 is 0.853 bits per heavy atom. The largest absolute Gasteiger partial charge is 0.472 e. The first-order chi connectivity index (χ1) is 16.8. The molecule has 166 valence electrons. The Morgan fingerprint density at radius 3 is 2.41 bits per heavy atom. The Hall–Kier alpha value is -4.47. The lowest BCUT2D eigenvalue weighted by atomic mass is 10.1. The topological polar surface area (TPSA) is 86.8 Å². The van der Waals surface area contributed by atoms with Crippen LogP contribution >= 0.6 is 0 Å². The van der Waals surface area contributed by atoms with Crippen LogP contribution in [-0.2, 0) is 19.5 Å². The summed E-state index contributed by atoms with van der Waals surface area (Å²) in [5.41, 5.74) is 7.70. The molecule has 0 saturated heterocycles. The minimum atomic E-state index is 0.513. The van der Waals surface area contributed by atoms with Gasteiger partial charge in [-0.05, 0) is 58.7 Å². The van der Waals surface area contributed by atoms with Crippen molar-refractivity contribution in [2.45, 2.75) is 19.5 Å². The molecule has 0 atom stereocenters. The van der Waals surface area contributed by atoms with E-state index in [-0.39, 0.29) is 0 Å². The molecule has 2 N–H and O–H groups in total. The van der Waals surface area contributed by atoms with Gasteiger partial charge in [0.25, 0.3) is 0 Å². The van der Waals surface area contributed by atoms with Gasteiger partial charge < -0.3 is 15.1 Å². The van der Waals surface area contributed by atoms with Crippen molar-refractivity contribution in [2.75, 3.05) is 5.32 Å². The van der Waals surface area contributed by atoms with Crippen LogP contribution in [0, 0.1) is 11.3 Å². The summed E-state index contributed by atoms with van der Waals surface area (Å²) in [5.74, 6) is 0. The minimum absolute atomic E-state index is 0.513. The smallest absolute Gasteiger partial charge is 0.103 e. The number of furan rings is 1. The molecule has 5 aromatic rings. The summed E-state index contributed by atoms with van der Waals surface area (Å²) in [7, 11) is 0. The maximum Gasteiger partial charge on any atom is 0.103 e. The fourth-order valence-electron chi connectivity index (χ4n) is 3.90. The highest BCUT2D eigenvalue weighted by atomic mass is 16.3. The van der Waals surface area contributed by atoms with Gasteiger partial charge in [-0.3, -0.25) is 9.97 Å². The van der Waals surface area contributed by atoms with Gasteiger partial charge in [0.2, 0.25) is 0 Å². The lowest BCUT2D eigenvalue weighted by molar-refractivity contribution is 0.564. The molecule has 34 heavy (non-hydrogen) atoms. The van der Waals surface area contributed by atoms with Crippen molar-refractivity contribution >= 4 is 22.3 Å². The van der Waals surface area contributed by atoms with E-state index in [0.29, 0.717) is 5.56 Å². The fourth-order valence-corrected chi connectivity index (χ4v) is 3.90. The zero-order valence-corrected chi connectivity index (χ0v) is 18.5. The highest BCUT2D eigenvalue weighted by Gasteiger charge is 2.10. The van der Waals surface area contributed by atoms with Crippen molar-refractivity contribution in [1.29, 1.82) is 5.26 Å². The summed E-state index contributed by atoms with van der Waals surface area (Å²) in [6, 6.07) is 22.6.